The van der Waals surface area contributed by atoms with Gasteiger partial charge >= 0.3 is 5.97 Å². The predicted molar refractivity (Wildman–Crippen MR) is 53.7 cm³/mol. The number of carboxylic acids is 1. The summed E-state index contributed by atoms with van der Waals surface area (Å²) in [6, 6.07) is 2.24. The van der Waals surface area contributed by atoms with Crippen molar-refractivity contribution in [2.45, 2.75) is 0 Å². The van der Waals surface area contributed by atoms with Crippen molar-refractivity contribution < 1.29 is 18.7 Å². The Labute approximate surface area is 91.7 Å². The third-order valence-corrected chi connectivity index (χ3v) is 3.51. The van der Waals surface area contributed by atoms with Gasteiger partial charge in [-0.25, -0.2) is 13.6 Å². The molecule has 15 heavy (non-hydrogen) atoms. The largest absolute Gasteiger partial charge is 0.477 e. The van der Waals surface area contributed by atoms with Crippen molar-refractivity contribution in [1.82, 2.24) is 0 Å². The number of aromatic carboxylic acids is 1. The van der Waals surface area contributed by atoms with Crippen LogP contribution in [0.3, 0.4) is 0 Å². The van der Waals surface area contributed by atoms with E-state index < -0.39 is 17.6 Å². The number of fused-ring (bicyclic) bond motifs is 1. The van der Waals surface area contributed by atoms with Crippen LogP contribution in [0.2, 0.25) is 5.02 Å². The van der Waals surface area contributed by atoms with Crippen molar-refractivity contribution in [2.75, 3.05) is 0 Å². The molecule has 2 rings (SSSR count). The molecule has 0 aliphatic rings. The maximum Gasteiger partial charge on any atom is 0.347 e. The van der Waals surface area contributed by atoms with Gasteiger partial charge in [0.05, 0.1) is 10.4 Å². The Morgan fingerprint density at radius 2 is 2.07 bits per heavy atom. The second-order valence-electron chi connectivity index (χ2n) is 2.78. The van der Waals surface area contributed by atoms with E-state index in [9.17, 15) is 13.6 Å². The van der Waals surface area contributed by atoms with Gasteiger partial charge in [-0.1, -0.05) is 11.6 Å². The number of carboxylic acid groups (broad SMARTS) is 1. The summed E-state index contributed by atoms with van der Waals surface area (Å²) in [4.78, 5) is 10.5. The third kappa shape index (κ3) is 1.48. The molecule has 0 radical (unpaired) electrons. The Kier molecular flexibility index (Phi) is 2.36. The summed E-state index contributed by atoms with van der Waals surface area (Å²) in [6.07, 6.45) is 0. The van der Waals surface area contributed by atoms with E-state index in [0.717, 1.165) is 17.4 Å². The van der Waals surface area contributed by atoms with Crippen LogP contribution in [0.25, 0.3) is 10.1 Å². The SMILES string of the molecule is O=C(O)c1sc2ccc(F)c(F)c2c1Cl. The summed E-state index contributed by atoms with van der Waals surface area (Å²) >= 11 is 6.47. The van der Waals surface area contributed by atoms with E-state index in [4.69, 9.17) is 16.7 Å². The first-order chi connectivity index (χ1) is 7.02. The fourth-order valence-electron chi connectivity index (χ4n) is 1.23. The molecule has 6 heteroatoms. The van der Waals surface area contributed by atoms with E-state index in [1.54, 1.807) is 0 Å². The lowest BCUT2D eigenvalue weighted by Gasteiger charge is -1.94. The van der Waals surface area contributed by atoms with Crippen LogP contribution in [0.1, 0.15) is 9.67 Å². The maximum atomic E-state index is 13.3. The Morgan fingerprint density at radius 1 is 1.40 bits per heavy atom. The number of carbonyl (C=O) groups is 1. The molecule has 0 bridgehead atoms. The fourth-order valence-corrected chi connectivity index (χ4v) is 2.59. The van der Waals surface area contributed by atoms with E-state index in [0.29, 0.717) is 4.70 Å². The van der Waals surface area contributed by atoms with E-state index in [-0.39, 0.29) is 15.3 Å². The van der Waals surface area contributed by atoms with Crippen molar-refractivity contribution in [3.8, 4) is 0 Å². The van der Waals surface area contributed by atoms with Crippen LogP contribution in [0, 0.1) is 11.6 Å². The topological polar surface area (TPSA) is 37.3 Å². The van der Waals surface area contributed by atoms with E-state index in [1.165, 1.54) is 6.07 Å². The number of thiophene rings is 1. The highest BCUT2D eigenvalue weighted by Gasteiger charge is 2.20. The molecule has 0 spiro atoms. The number of hydrogen-bond donors (Lipinski definition) is 1. The van der Waals surface area contributed by atoms with Gasteiger partial charge < -0.3 is 5.11 Å². The van der Waals surface area contributed by atoms with Gasteiger partial charge in [-0.15, -0.1) is 11.3 Å². The smallest absolute Gasteiger partial charge is 0.347 e. The van der Waals surface area contributed by atoms with Gasteiger partial charge in [-0.2, -0.15) is 0 Å². The zero-order valence-corrected chi connectivity index (χ0v) is 8.62. The van der Waals surface area contributed by atoms with Crippen LogP contribution in [-0.2, 0) is 0 Å². The molecule has 78 valence electrons. The van der Waals surface area contributed by atoms with Crippen LogP contribution in [0.5, 0.6) is 0 Å². The molecule has 1 N–H and O–H groups in total. The molecule has 0 saturated carbocycles. The summed E-state index contributed by atoms with van der Waals surface area (Å²) in [5.41, 5.74) is 0. The van der Waals surface area contributed by atoms with Crippen LogP contribution >= 0.6 is 22.9 Å². The van der Waals surface area contributed by atoms with Crippen LogP contribution in [0.15, 0.2) is 12.1 Å². The predicted octanol–water partition coefficient (Wildman–Crippen LogP) is 3.53. The average molecular weight is 249 g/mol. The highest BCUT2D eigenvalue weighted by Crippen LogP contribution is 2.37. The molecule has 1 aromatic carbocycles. The van der Waals surface area contributed by atoms with Gasteiger partial charge in [0.2, 0.25) is 0 Å². The highest BCUT2D eigenvalue weighted by atomic mass is 35.5. The molecule has 0 aliphatic carbocycles. The van der Waals surface area contributed by atoms with Crippen LogP contribution < -0.4 is 0 Å². The molecule has 0 amide bonds. The second-order valence-corrected chi connectivity index (χ2v) is 4.21. The zero-order chi connectivity index (χ0) is 11.2. The van der Waals surface area contributed by atoms with Crippen LogP contribution in [-0.4, -0.2) is 11.1 Å². The van der Waals surface area contributed by atoms with Crippen molar-refractivity contribution in [3.63, 3.8) is 0 Å². The maximum absolute atomic E-state index is 13.3. The Balaban J connectivity index is 2.89. The molecule has 2 nitrogen and oxygen atoms in total. The summed E-state index contributed by atoms with van der Waals surface area (Å²) in [7, 11) is 0. The van der Waals surface area contributed by atoms with Gasteiger partial charge in [-0.05, 0) is 12.1 Å². The summed E-state index contributed by atoms with van der Waals surface area (Å²) in [5, 5.41) is 8.32. The molecule has 0 fully saturated rings. The van der Waals surface area contributed by atoms with Gasteiger partial charge in [0.15, 0.2) is 11.6 Å². The van der Waals surface area contributed by atoms with E-state index >= 15 is 0 Å². The summed E-state index contributed by atoms with van der Waals surface area (Å²) < 4.78 is 26.5. The first kappa shape index (κ1) is 10.3. The molecule has 0 aliphatic heterocycles. The fraction of sp³-hybridized carbons (Fsp3) is 0. The monoisotopic (exact) mass is 248 g/mol. The first-order valence-corrected chi connectivity index (χ1v) is 5.01. The van der Waals surface area contributed by atoms with Crippen molar-refractivity contribution >= 4 is 39.0 Å². The molecule has 2 aromatic rings. The molecule has 0 unspecified atom stereocenters. The molecular formula is C9H3ClF2O2S. The third-order valence-electron chi connectivity index (χ3n) is 1.88. The quantitative estimate of drug-likeness (QED) is 0.838. The lowest BCUT2D eigenvalue weighted by molar-refractivity contribution is 0.0702. The Hall–Kier alpha value is -1.20. The number of benzene rings is 1. The molecular weight excluding hydrogens is 246 g/mol. The standard InChI is InChI=1S/C9H3ClF2O2S/c10-6-5-4(15-8(6)9(13)14)2-1-3(11)7(5)12/h1-2H,(H,13,14). The van der Waals surface area contributed by atoms with Crippen molar-refractivity contribution in [3.05, 3.63) is 33.7 Å². The minimum absolute atomic E-state index is 0.168. The van der Waals surface area contributed by atoms with Crippen LogP contribution in [0.4, 0.5) is 8.78 Å². The Bertz CT molecular complexity index is 565. The number of hydrogen-bond acceptors (Lipinski definition) is 2. The number of halogens is 3. The molecule has 0 saturated heterocycles. The lowest BCUT2D eigenvalue weighted by atomic mass is 10.2. The lowest BCUT2D eigenvalue weighted by Crippen LogP contribution is -1.92. The Morgan fingerprint density at radius 3 is 2.67 bits per heavy atom. The highest BCUT2D eigenvalue weighted by molar-refractivity contribution is 7.21. The van der Waals surface area contributed by atoms with Crippen molar-refractivity contribution in [2.24, 2.45) is 0 Å². The van der Waals surface area contributed by atoms with E-state index in [1.807, 2.05) is 0 Å². The number of rotatable bonds is 1. The second kappa shape index (κ2) is 3.43. The summed E-state index contributed by atoms with van der Waals surface area (Å²) in [5.74, 6) is -3.40. The normalized spacial score (nSPS) is 10.9. The molecule has 1 heterocycles. The minimum Gasteiger partial charge on any atom is -0.477 e. The van der Waals surface area contributed by atoms with Crippen molar-refractivity contribution in [1.29, 1.82) is 0 Å². The van der Waals surface area contributed by atoms with Gasteiger partial charge in [0, 0.05) is 4.70 Å². The zero-order valence-electron chi connectivity index (χ0n) is 7.05. The molecule has 1 aromatic heterocycles. The van der Waals surface area contributed by atoms with Gasteiger partial charge in [-0.3, -0.25) is 0 Å². The molecule has 0 atom stereocenters. The minimum atomic E-state index is -1.25. The first-order valence-electron chi connectivity index (χ1n) is 3.81. The van der Waals surface area contributed by atoms with Gasteiger partial charge in [0.25, 0.3) is 0 Å². The average Bonchev–Trinajstić information content (AvgIpc) is 2.50. The van der Waals surface area contributed by atoms with E-state index in [2.05, 4.69) is 0 Å². The summed E-state index contributed by atoms with van der Waals surface area (Å²) in [6.45, 7) is 0. The van der Waals surface area contributed by atoms with Gasteiger partial charge in [0.1, 0.15) is 4.88 Å².